The number of nitro benzene ring substituents is 1. The van der Waals surface area contributed by atoms with Crippen LogP contribution in [0.25, 0.3) is 0 Å². The van der Waals surface area contributed by atoms with Crippen LogP contribution in [-0.4, -0.2) is 43.0 Å². The highest BCUT2D eigenvalue weighted by Gasteiger charge is 2.30. The summed E-state index contributed by atoms with van der Waals surface area (Å²) in [6.07, 6.45) is 1.73. The first-order valence-corrected chi connectivity index (χ1v) is 10.6. The molecule has 1 aliphatic heterocycles. The average molecular weight is 421 g/mol. The SMILES string of the molecule is COc1ccc(Nc2ccc(S(=O)(=O)N3CCC[C@H](C)C3)cc2[N+](=O)[O-])cc1O. The fraction of sp³-hybridized carbons (Fsp3) is 0.368. The number of anilines is 2. The number of nitrogens with one attached hydrogen (secondary N) is 1. The van der Waals surface area contributed by atoms with Crippen LogP contribution >= 0.6 is 0 Å². The van der Waals surface area contributed by atoms with E-state index in [2.05, 4.69) is 5.32 Å². The molecule has 9 nitrogen and oxygen atoms in total. The molecule has 0 amide bonds. The molecular weight excluding hydrogens is 398 g/mol. The van der Waals surface area contributed by atoms with E-state index in [4.69, 9.17) is 4.74 Å². The molecule has 3 rings (SSSR count). The van der Waals surface area contributed by atoms with Gasteiger partial charge < -0.3 is 15.2 Å². The number of aromatic hydroxyl groups is 1. The standard InChI is InChI=1S/C19H23N3O6S/c1-13-4-3-9-21(12-13)29(26,27)15-6-7-16(17(11-15)22(24)25)20-14-5-8-19(28-2)18(23)10-14/h5-8,10-11,13,20,23H,3-4,9,12H2,1-2H3/t13-/m0/s1. The first-order valence-electron chi connectivity index (χ1n) is 9.15. The van der Waals surface area contributed by atoms with E-state index in [1.54, 1.807) is 6.07 Å². The average Bonchev–Trinajstić information content (AvgIpc) is 2.68. The number of nitrogens with zero attached hydrogens (tertiary/aromatic N) is 2. The number of benzene rings is 2. The van der Waals surface area contributed by atoms with Crippen LogP contribution in [0.5, 0.6) is 11.5 Å². The lowest BCUT2D eigenvalue weighted by Gasteiger charge is -2.30. The molecular formula is C19H23N3O6S. The van der Waals surface area contributed by atoms with Gasteiger partial charge in [-0.25, -0.2) is 8.42 Å². The number of hydrogen-bond acceptors (Lipinski definition) is 7. The van der Waals surface area contributed by atoms with E-state index < -0.39 is 14.9 Å². The Morgan fingerprint density at radius 1 is 1.28 bits per heavy atom. The van der Waals surface area contributed by atoms with E-state index in [-0.39, 0.29) is 33.7 Å². The van der Waals surface area contributed by atoms with Crippen molar-refractivity contribution in [1.82, 2.24) is 4.31 Å². The van der Waals surface area contributed by atoms with E-state index in [0.717, 1.165) is 18.9 Å². The first-order chi connectivity index (χ1) is 13.7. The molecule has 29 heavy (non-hydrogen) atoms. The Hall–Kier alpha value is -2.85. The third-order valence-corrected chi connectivity index (χ3v) is 6.74. The Kier molecular flexibility index (Phi) is 5.94. The van der Waals surface area contributed by atoms with Crippen LogP contribution in [0.4, 0.5) is 17.1 Å². The monoisotopic (exact) mass is 421 g/mol. The number of ether oxygens (including phenoxy) is 1. The van der Waals surface area contributed by atoms with Gasteiger partial charge in [0.2, 0.25) is 10.0 Å². The Bertz CT molecular complexity index is 1020. The molecule has 2 aromatic rings. The van der Waals surface area contributed by atoms with Crippen molar-refractivity contribution in [3.63, 3.8) is 0 Å². The minimum Gasteiger partial charge on any atom is -0.504 e. The number of hydrogen-bond donors (Lipinski definition) is 2. The van der Waals surface area contributed by atoms with Crippen molar-refractivity contribution in [2.24, 2.45) is 5.92 Å². The van der Waals surface area contributed by atoms with Crippen LogP contribution in [-0.2, 0) is 10.0 Å². The Balaban J connectivity index is 1.93. The van der Waals surface area contributed by atoms with Gasteiger partial charge in [0.15, 0.2) is 11.5 Å². The van der Waals surface area contributed by atoms with Gasteiger partial charge >= 0.3 is 0 Å². The Labute approximate surface area is 169 Å². The second-order valence-corrected chi connectivity index (χ2v) is 9.00. The molecule has 0 bridgehead atoms. The van der Waals surface area contributed by atoms with Gasteiger partial charge in [-0.1, -0.05) is 6.92 Å². The lowest BCUT2D eigenvalue weighted by molar-refractivity contribution is -0.384. The lowest BCUT2D eigenvalue weighted by Crippen LogP contribution is -2.39. The van der Waals surface area contributed by atoms with Gasteiger partial charge in [-0.2, -0.15) is 4.31 Å². The summed E-state index contributed by atoms with van der Waals surface area (Å²) < 4.78 is 32.2. The van der Waals surface area contributed by atoms with Gasteiger partial charge in [0.25, 0.3) is 5.69 Å². The number of nitro groups is 1. The number of rotatable bonds is 6. The number of phenols is 1. The molecule has 2 aromatic carbocycles. The second-order valence-electron chi connectivity index (χ2n) is 7.06. The predicted molar refractivity (Wildman–Crippen MR) is 108 cm³/mol. The normalized spacial score (nSPS) is 17.7. The zero-order chi connectivity index (χ0) is 21.2. The minimum absolute atomic E-state index is 0.110. The quantitative estimate of drug-likeness (QED) is 0.541. The summed E-state index contributed by atoms with van der Waals surface area (Å²) in [7, 11) is -2.40. The number of sulfonamides is 1. The van der Waals surface area contributed by atoms with Crippen molar-refractivity contribution in [1.29, 1.82) is 0 Å². The molecule has 0 unspecified atom stereocenters. The van der Waals surface area contributed by atoms with Crippen molar-refractivity contribution in [3.05, 3.63) is 46.5 Å². The fourth-order valence-corrected chi connectivity index (χ4v) is 4.98. The van der Waals surface area contributed by atoms with Crippen molar-refractivity contribution in [2.45, 2.75) is 24.7 Å². The summed E-state index contributed by atoms with van der Waals surface area (Å²) in [5, 5.41) is 24.3. The maximum atomic E-state index is 12.9. The largest absolute Gasteiger partial charge is 0.504 e. The zero-order valence-electron chi connectivity index (χ0n) is 16.2. The van der Waals surface area contributed by atoms with Gasteiger partial charge in [0.1, 0.15) is 5.69 Å². The molecule has 1 atom stereocenters. The summed E-state index contributed by atoms with van der Waals surface area (Å²) >= 11 is 0. The molecule has 2 N–H and O–H groups in total. The summed E-state index contributed by atoms with van der Waals surface area (Å²) in [5.74, 6) is 0.387. The molecule has 10 heteroatoms. The van der Waals surface area contributed by atoms with E-state index in [9.17, 15) is 23.6 Å². The summed E-state index contributed by atoms with van der Waals surface area (Å²) in [6, 6.07) is 8.25. The van der Waals surface area contributed by atoms with Crippen LogP contribution in [0.2, 0.25) is 0 Å². The Morgan fingerprint density at radius 3 is 2.66 bits per heavy atom. The molecule has 0 radical (unpaired) electrons. The van der Waals surface area contributed by atoms with E-state index >= 15 is 0 Å². The fourth-order valence-electron chi connectivity index (χ4n) is 3.37. The molecule has 1 heterocycles. The van der Waals surface area contributed by atoms with Crippen molar-refractivity contribution < 1.29 is 23.2 Å². The third kappa shape index (κ3) is 4.43. The van der Waals surface area contributed by atoms with Gasteiger partial charge in [-0.3, -0.25) is 10.1 Å². The summed E-state index contributed by atoms with van der Waals surface area (Å²) in [4.78, 5) is 10.8. The highest BCUT2D eigenvalue weighted by atomic mass is 32.2. The Morgan fingerprint density at radius 2 is 2.03 bits per heavy atom. The van der Waals surface area contributed by atoms with E-state index in [1.165, 1.54) is 35.7 Å². The maximum absolute atomic E-state index is 12.9. The van der Waals surface area contributed by atoms with Crippen LogP contribution in [0, 0.1) is 16.0 Å². The third-order valence-electron chi connectivity index (χ3n) is 4.88. The minimum atomic E-state index is -3.81. The van der Waals surface area contributed by atoms with Gasteiger partial charge in [0, 0.05) is 30.9 Å². The number of phenolic OH excluding ortho intramolecular Hbond substituents is 1. The maximum Gasteiger partial charge on any atom is 0.294 e. The van der Waals surface area contributed by atoms with Crippen LogP contribution in [0.3, 0.4) is 0 Å². The highest BCUT2D eigenvalue weighted by Crippen LogP contribution is 2.35. The molecule has 0 spiro atoms. The summed E-state index contributed by atoms with van der Waals surface area (Å²) in [5.41, 5.74) is 0.142. The van der Waals surface area contributed by atoms with Crippen molar-refractivity contribution >= 4 is 27.1 Å². The summed E-state index contributed by atoms with van der Waals surface area (Å²) in [6.45, 7) is 2.80. The number of methoxy groups -OCH3 is 1. The van der Waals surface area contributed by atoms with Crippen LogP contribution in [0.15, 0.2) is 41.3 Å². The molecule has 1 fully saturated rings. The van der Waals surface area contributed by atoms with E-state index in [0.29, 0.717) is 18.8 Å². The van der Waals surface area contributed by atoms with Crippen molar-refractivity contribution in [3.8, 4) is 11.5 Å². The van der Waals surface area contributed by atoms with Gasteiger partial charge in [-0.15, -0.1) is 0 Å². The predicted octanol–water partition coefficient (Wildman–Crippen LogP) is 3.47. The highest BCUT2D eigenvalue weighted by molar-refractivity contribution is 7.89. The molecule has 156 valence electrons. The molecule has 0 saturated carbocycles. The number of piperidine rings is 1. The smallest absolute Gasteiger partial charge is 0.294 e. The first kappa shape index (κ1) is 20.9. The molecule has 1 aliphatic rings. The topological polar surface area (TPSA) is 122 Å². The van der Waals surface area contributed by atoms with Gasteiger partial charge in [0.05, 0.1) is 16.9 Å². The van der Waals surface area contributed by atoms with Crippen molar-refractivity contribution in [2.75, 3.05) is 25.5 Å². The molecule has 1 saturated heterocycles. The van der Waals surface area contributed by atoms with Crippen LogP contribution < -0.4 is 10.1 Å². The zero-order valence-corrected chi connectivity index (χ0v) is 17.0. The molecule has 0 aliphatic carbocycles. The lowest BCUT2D eigenvalue weighted by atomic mass is 10.0. The van der Waals surface area contributed by atoms with Crippen LogP contribution in [0.1, 0.15) is 19.8 Å². The van der Waals surface area contributed by atoms with E-state index in [1.807, 2.05) is 6.92 Å². The van der Waals surface area contributed by atoms with Gasteiger partial charge in [-0.05, 0) is 43.0 Å². The molecule has 0 aromatic heterocycles. The second kappa shape index (κ2) is 8.26.